The van der Waals surface area contributed by atoms with E-state index in [9.17, 15) is 4.79 Å². The van der Waals surface area contributed by atoms with E-state index in [1.165, 1.54) is 6.33 Å². The van der Waals surface area contributed by atoms with E-state index >= 15 is 0 Å². The molecule has 0 saturated heterocycles. The Labute approximate surface area is 102 Å². The van der Waals surface area contributed by atoms with Crippen LogP contribution in [-0.2, 0) is 4.79 Å². The summed E-state index contributed by atoms with van der Waals surface area (Å²) in [6.45, 7) is 0. The van der Waals surface area contributed by atoms with Gasteiger partial charge < -0.3 is 5.32 Å². The number of amides is 1. The topological polar surface area (TPSA) is 54.9 Å². The molecule has 0 fully saturated rings. The monoisotopic (exact) mass is 267 g/mol. The Morgan fingerprint density at radius 1 is 1.40 bits per heavy atom. The Balaban J connectivity index is 2.64. The highest BCUT2D eigenvalue weighted by Gasteiger charge is 2.09. The standard InChI is InChI=1S/C8H8Cl3N3O/c9-3-1-2-5(15)14-8-6(10)7(11)12-4-13-8/h4H,1-3H2,(H,12,13,14,15). The molecule has 1 aromatic heterocycles. The summed E-state index contributed by atoms with van der Waals surface area (Å²) < 4.78 is 0. The fourth-order valence-corrected chi connectivity index (χ4v) is 1.27. The van der Waals surface area contributed by atoms with Gasteiger partial charge in [-0.25, -0.2) is 9.97 Å². The summed E-state index contributed by atoms with van der Waals surface area (Å²) in [6, 6.07) is 0. The van der Waals surface area contributed by atoms with E-state index in [0.29, 0.717) is 18.7 Å². The lowest BCUT2D eigenvalue weighted by Crippen LogP contribution is -2.13. The van der Waals surface area contributed by atoms with Crippen LogP contribution in [-0.4, -0.2) is 21.8 Å². The molecule has 1 heterocycles. The van der Waals surface area contributed by atoms with E-state index < -0.39 is 0 Å². The van der Waals surface area contributed by atoms with Crippen LogP contribution in [0.15, 0.2) is 6.33 Å². The van der Waals surface area contributed by atoms with Crippen LogP contribution in [0.1, 0.15) is 12.8 Å². The quantitative estimate of drug-likeness (QED) is 0.675. The van der Waals surface area contributed by atoms with Crippen LogP contribution in [0.4, 0.5) is 5.82 Å². The fraction of sp³-hybridized carbons (Fsp3) is 0.375. The van der Waals surface area contributed by atoms with Crippen LogP contribution in [0.5, 0.6) is 0 Å². The van der Waals surface area contributed by atoms with Gasteiger partial charge in [0.05, 0.1) is 0 Å². The lowest BCUT2D eigenvalue weighted by atomic mass is 10.3. The molecule has 0 radical (unpaired) electrons. The van der Waals surface area contributed by atoms with E-state index in [1.54, 1.807) is 0 Å². The SMILES string of the molecule is O=C(CCCCl)Nc1ncnc(Cl)c1Cl. The number of nitrogens with zero attached hydrogens (tertiary/aromatic N) is 2. The molecule has 82 valence electrons. The predicted molar refractivity (Wildman–Crippen MR) is 60.6 cm³/mol. The summed E-state index contributed by atoms with van der Waals surface area (Å²) in [6.07, 6.45) is 2.15. The van der Waals surface area contributed by atoms with Gasteiger partial charge in [-0.05, 0) is 6.42 Å². The van der Waals surface area contributed by atoms with Crippen molar-refractivity contribution < 1.29 is 4.79 Å². The zero-order valence-corrected chi connectivity index (χ0v) is 9.90. The molecular formula is C8H8Cl3N3O. The average Bonchev–Trinajstić information content (AvgIpc) is 2.22. The van der Waals surface area contributed by atoms with Gasteiger partial charge in [0, 0.05) is 12.3 Å². The molecule has 1 N–H and O–H groups in total. The van der Waals surface area contributed by atoms with E-state index in [-0.39, 0.29) is 21.9 Å². The number of alkyl halides is 1. The molecule has 0 saturated carbocycles. The number of hydrogen-bond acceptors (Lipinski definition) is 3. The van der Waals surface area contributed by atoms with Crippen molar-refractivity contribution in [3.05, 3.63) is 16.5 Å². The van der Waals surface area contributed by atoms with Gasteiger partial charge in [-0.2, -0.15) is 0 Å². The molecule has 0 atom stereocenters. The molecule has 1 rings (SSSR count). The Hall–Kier alpha value is -0.580. The molecule has 0 aliphatic heterocycles. The van der Waals surface area contributed by atoms with Gasteiger partial charge in [-0.1, -0.05) is 23.2 Å². The normalized spacial score (nSPS) is 10.1. The summed E-state index contributed by atoms with van der Waals surface area (Å²) >= 11 is 16.9. The molecule has 0 bridgehead atoms. The number of rotatable bonds is 4. The molecule has 4 nitrogen and oxygen atoms in total. The number of aromatic nitrogens is 2. The van der Waals surface area contributed by atoms with Crippen molar-refractivity contribution in [1.82, 2.24) is 9.97 Å². The maximum atomic E-state index is 11.3. The van der Waals surface area contributed by atoms with Crippen molar-refractivity contribution in [1.29, 1.82) is 0 Å². The molecule has 15 heavy (non-hydrogen) atoms. The Morgan fingerprint density at radius 2 is 2.13 bits per heavy atom. The second-order valence-corrected chi connectivity index (χ2v) is 3.78. The first-order valence-electron chi connectivity index (χ1n) is 4.17. The van der Waals surface area contributed by atoms with Gasteiger partial charge in [-0.3, -0.25) is 4.79 Å². The Morgan fingerprint density at radius 3 is 2.80 bits per heavy atom. The summed E-state index contributed by atoms with van der Waals surface area (Å²) in [5.74, 6) is 0.453. The second kappa shape index (κ2) is 6.10. The van der Waals surface area contributed by atoms with E-state index in [1.807, 2.05) is 0 Å². The maximum absolute atomic E-state index is 11.3. The van der Waals surface area contributed by atoms with Crippen molar-refractivity contribution >= 4 is 46.5 Å². The third-order valence-corrected chi connectivity index (χ3v) is 2.55. The van der Waals surface area contributed by atoms with Crippen LogP contribution < -0.4 is 5.32 Å². The number of anilines is 1. The highest BCUT2D eigenvalue weighted by atomic mass is 35.5. The van der Waals surface area contributed by atoms with Crippen LogP contribution in [0.3, 0.4) is 0 Å². The summed E-state index contributed by atoms with van der Waals surface area (Å²) in [4.78, 5) is 18.8. The van der Waals surface area contributed by atoms with Crippen molar-refractivity contribution in [3.63, 3.8) is 0 Å². The summed E-state index contributed by atoms with van der Waals surface area (Å²) in [5, 5.41) is 2.77. The summed E-state index contributed by atoms with van der Waals surface area (Å²) in [7, 11) is 0. The fourth-order valence-electron chi connectivity index (χ4n) is 0.857. The van der Waals surface area contributed by atoms with Gasteiger partial charge in [0.25, 0.3) is 0 Å². The minimum absolute atomic E-state index is 0.110. The smallest absolute Gasteiger partial charge is 0.225 e. The number of hydrogen-bond donors (Lipinski definition) is 1. The third-order valence-electron chi connectivity index (χ3n) is 1.54. The molecule has 7 heteroatoms. The van der Waals surface area contributed by atoms with Crippen LogP contribution in [0, 0.1) is 0 Å². The average molecular weight is 269 g/mol. The van der Waals surface area contributed by atoms with Crippen molar-refractivity contribution in [2.75, 3.05) is 11.2 Å². The summed E-state index contributed by atoms with van der Waals surface area (Å²) in [5.41, 5.74) is 0. The van der Waals surface area contributed by atoms with Gasteiger partial charge in [0.15, 0.2) is 11.0 Å². The molecule has 1 aromatic rings. The van der Waals surface area contributed by atoms with Crippen molar-refractivity contribution in [2.24, 2.45) is 0 Å². The first-order valence-corrected chi connectivity index (χ1v) is 5.46. The molecule has 1 amide bonds. The first kappa shape index (κ1) is 12.5. The van der Waals surface area contributed by atoms with E-state index in [0.717, 1.165) is 0 Å². The largest absolute Gasteiger partial charge is 0.309 e. The third kappa shape index (κ3) is 3.81. The highest BCUT2D eigenvalue weighted by Crippen LogP contribution is 2.25. The van der Waals surface area contributed by atoms with Crippen molar-refractivity contribution in [2.45, 2.75) is 12.8 Å². The number of halogens is 3. The first-order chi connectivity index (χ1) is 7.15. The van der Waals surface area contributed by atoms with E-state index in [2.05, 4.69) is 15.3 Å². The van der Waals surface area contributed by atoms with Gasteiger partial charge >= 0.3 is 0 Å². The lowest BCUT2D eigenvalue weighted by molar-refractivity contribution is -0.116. The maximum Gasteiger partial charge on any atom is 0.225 e. The number of nitrogens with one attached hydrogen (secondary N) is 1. The Kier molecular flexibility index (Phi) is 5.08. The lowest BCUT2D eigenvalue weighted by Gasteiger charge is -2.05. The minimum atomic E-state index is -0.202. The van der Waals surface area contributed by atoms with Gasteiger partial charge in [0.2, 0.25) is 5.91 Å². The molecule has 0 spiro atoms. The van der Waals surface area contributed by atoms with Gasteiger partial charge in [0.1, 0.15) is 11.3 Å². The van der Waals surface area contributed by atoms with E-state index in [4.69, 9.17) is 34.8 Å². The predicted octanol–water partition coefficient (Wildman–Crippen LogP) is 2.74. The molecule has 0 aromatic carbocycles. The minimum Gasteiger partial charge on any atom is -0.309 e. The molecule has 0 aliphatic carbocycles. The Bertz CT molecular complexity index is 359. The van der Waals surface area contributed by atoms with Crippen LogP contribution in [0.2, 0.25) is 10.2 Å². The van der Waals surface area contributed by atoms with Crippen LogP contribution in [0.25, 0.3) is 0 Å². The van der Waals surface area contributed by atoms with Crippen LogP contribution >= 0.6 is 34.8 Å². The number of carbonyl (C=O) groups excluding carboxylic acids is 1. The second-order valence-electron chi connectivity index (χ2n) is 2.67. The number of carbonyl (C=O) groups is 1. The molecule has 0 aliphatic rings. The molecule has 0 unspecified atom stereocenters. The zero-order valence-electron chi connectivity index (χ0n) is 7.64. The molecular weight excluding hydrogens is 260 g/mol. The van der Waals surface area contributed by atoms with Crippen molar-refractivity contribution in [3.8, 4) is 0 Å². The highest BCUT2D eigenvalue weighted by molar-refractivity contribution is 6.42. The zero-order chi connectivity index (χ0) is 11.3. The van der Waals surface area contributed by atoms with Gasteiger partial charge in [-0.15, -0.1) is 11.6 Å².